The molecule has 1 amide bonds. The molecule has 1 atom stereocenters. The van der Waals surface area contributed by atoms with Gasteiger partial charge in [-0.05, 0) is 53.9 Å². The van der Waals surface area contributed by atoms with Crippen LogP contribution >= 0.6 is 0 Å². The molecule has 0 bridgehead atoms. The van der Waals surface area contributed by atoms with Crippen molar-refractivity contribution in [2.24, 2.45) is 0 Å². The Morgan fingerprint density at radius 3 is 2.26 bits per heavy atom. The van der Waals surface area contributed by atoms with Gasteiger partial charge < -0.3 is 4.90 Å². The molecule has 9 heteroatoms. The van der Waals surface area contributed by atoms with Gasteiger partial charge in [0.1, 0.15) is 23.3 Å². The fourth-order valence-electron chi connectivity index (χ4n) is 3.86. The Labute approximate surface area is 199 Å². The third-order valence-corrected chi connectivity index (χ3v) is 5.60. The Balaban J connectivity index is 1.78. The normalized spacial score (nSPS) is 12.4. The number of alkyl halides is 3. The van der Waals surface area contributed by atoms with Crippen LogP contribution in [-0.2, 0) is 13.0 Å². The van der Waals surface area contributed by atoms with Gasteiger partial charge in [-0.15, -0.1) is 0 Å². The number of carbonyl (C=O) groups is 1. The molecule has 1 unspecified atom stereocenters. The van der Waals surface area contributed by atoms with Gasteiger partial charge in [0, 0.05) is 31.7 Å². The molecule has 5 nitrogen and oxygen atoms in total. The molecule has 4 rings (SSSR count). The number of nitrogens with zero attached hydrogens (tertiary/aromatic N) is 4. The largest absolute Gasteiger partial charge is 0.399 e. The number of imidazole rings is 1. The first kappa shape index (κ1) is 24.1. The minimum atomic E-state index is -4.64. The first-order valence-electron chi connectivity index (χ1n) is 10.8. The minimum absolute atomic E-state index is 0.0505. The molecule has 0 aliphatic heterocycles. The van der Waals surface area contributed by atoms with Crippen molar-refractivity contribution in [3.8, 4) is 5.69 Å². The lowest BCUT2D eigenvalue weighted by Gasteiger charge is -2.23. The van der Waals surface area contributed by atoms with Crippen molar-refractivity contribution in [1.29, 1.82) is 0 Å². The van der Waals surface area contributed by atoms with Gasteiger partial charge in [0.05, 0.1) is 6.20 Å². The van der Waals surface area contributed by atoms with E-state index in [1.165, 1.54) is 21.6 Å². The van der Waals surface area contributed by atoms with Crippen LogP contribution in [0.3, 0.4) is 0 Å². The van der Waals surface area contributed by atoms with E-state index in [0.29, 0.717) is 5.56 Å². The highest BCUT2D eigenvalue weighted by Crippen LogP contribution is 2.38. The quantitative estimate of drug-likeness (QED) is 0.324. The zero-order valence-corrected chi connectivity index (χ0v) is 18.8. The number of rotatable bonds is 7. The van der Waals surface area contributed by atoms with Crippen molar-refractivity contribution in [2.45, 2.75) is 25.1 Å². The number of carbonyl (C=O) groups excluding carboxylic acids is 1. The molecule has 0 fully saturated rings. The van der Waals surface area contributed by atoms with E-state index in [-0.39, 0.29) is 30.2 Å². The fourth-order valence-corrected chi connectivity index (χ4v) is 3.86. The van der Waals surface area contributed by atoms with Crippen LogP contribution in [-0.4, -0.2) is 38.6 Å². The Morgan fingerprint density at radius 2 is 1.63 bits per heavy atom. The Hall–Kier alpha value is -4.01. The molecule has 2 heterocycles. The van der Waals surface area contributed by atoms with E-state index in [9.17, 15) is 22.4 Å². The maximum atomic E-state index is 14.3. The lowest BCUT2D eigenvalue weighted by molar-refractivity contribution is -0.152. The van der Waals surface area contributed by atoms with Crippen molar-refractivity contribution in [1.82, 2.24) is 19.4 Å². The van der Waals surface area contributed by atoms with Crippen molar-refractivity contribution >= 4 is 5.91 Å². The number of hydrogen-bond donors (Lipinski definition) is 0. The van der Waals surface area contributed by atoms with Gasteiger partial charge in [0.15, 0.2) is 0 Å². The minimum Gasteiger partial charge on any atom is -0.336 e. The summed E-state index contributed by atoms with van der Waals surface area (Å²) in [4.78, 5) is 22.8. The van der Waals surface area contributed by atoms with Gasteiger partial charge >= 0.3 is 6.18 Å². The smallest absolute Gasteiger partial charge is 0.336 e. The van der Waals surface area contributed by atoms with Crippen molar-refractivity contribution in [3.63, 3.8) is 0 Å². The third kappa shape index (κ3) is 5.56. The van der Waals surface area contributed by atoms with Gasteiger partial charge in [-0.25, -0.2) is 9.37 Å². The van der Waals surface area contributed by atoms with E-state index in [0.717, 1.165) is 23.9 Å². The van der Waals surface area contributed by atoms with E-state index >= 15 is 0 Å². The zero-order valence-electron chi connectivity index (χ0n) is 18.8. The summed E-state index contributed by atoms with van der Waals surface area (Å²) in [6.07, 6.45) is -0.670. The second-order valence-electron chi connectivity index (χ2n) is 8.11. The van der Waals surface area contributed by atoms with Crippen LogP contribution in [0.5, 0.6) is 0 Å². The molecule has 0 saturated heterocycles. The van der Waals surface area contributed by atoms with E-state index in [1.807, 2.05) is 0 Å². The standard InChI is InChI=1S/C26H22F4N4O/c1-33(17-19-11-13-31-14-12-19)25(35)23-16-32-24(34(23)21-9-7-20(27)8-10-21)22(26(28,29)30)15-18-5-3-2-4-6-18/h2-14,16,22H,15,17H2,1H3. The summed E-state index contributed by atoms with van der Waals surface area (Å²) in [6, 6.07) is 16.7. The summed E-state index contributed by atoms with van der Waals surface area (Å²) in [7, 11) is 1.55. The molecular weight excluding hydrogens is 460 g/mol. The Kier molecular flexibility index (Phi) is 6.95. The second kappa shape index (κ2) is 10.1. The Morgan fingerprint density at radius 1 is 0.971 bits per heavy atom. The van der Waals surface area contributed by atoms with Gasteiger partial charge in [-0.2, -0.15) is 13.2 Å². The molecule has 4 aromatic rings. The highest BCUT2D eigenvalue weighted by atomic mass is 19.4. The van der Waals surface area contributed by atoms with E-state index in [2.05, 4.69) is 9.97 Å². The topological polar surface area (TPSA) is 51.0 Å². The predicted molar refractivity (Wildman–Crippen MR) is 122 cm³/mol. The van der Waals surface area contributed by atoms with Crippen LogP contribution in [0.1, 0.15) is 33.4 Å². The highest BCUT2D eigenvalue weighted by molar-refractivity contribution is 5.93. The summed E-state index contributed by atoms with van der Waals surface area (Å²) in [5.74, 6) is -3.39. The summed E-state index contributed by atoms with van der Waals surface area (Å²) >= 11 is 0. The summed E-state index contributed by atoms with van der Waals surface area (Å²) in [5.41, 5.74) is 1.44. The SMILES string of the molecule is CN(Cc1ccncc1)C(=O)c1cnc(C(Cc2ccccc2)C(F)(F)F)n1-c1ccc(F)cc1. The average Bonchev–Trinajstić information content (AvgIpc) is 3.27. The number of pyridine rings is 1. The number of hydrogen-bond acceptors (Lipinski definition) is 3. The van der Waals surface area contributed by atoms with Crippen molar-refractivity contribution in [3.05, 3.63) is 114 Å². The van der Waals surface area contributed by atoms with E-state index in [1.54, 1.807) is 61.9 Å². The average molecular weight is 482 g/mol. The molecule has 2 aromatic carbocycles. The molecular formula is C26H22F4N4O. The molecule has 0 saturated carbocycles. The molecule has 0 radical (unpaired) electrons. The monoisotopic (exact) mass is 482 g/mol. The van der Waals surface area contributed by atoms with Gasteiger partial charge in [-0.1, -0.05) is 30.3 Å². The van der Waals surface area contributed by atoms with E-state index < -0.39 is 23.8 Å². The summed E-state index contributed by atoms with van der Waals surface area (Å²) < 4.78 is 57.7. The summed E-state index contributed by atoms with van der Waals surface area (Å²) in [5, 5.41) is 0. The lowest BCUT2D eigenvalue weighted by atomic mass is 9.97. The molecule has 0 aliphatic rings. The first-order valence-corrected chi connectivity index (χ1v) is 10.8. The Bertz CT molecular complexity index is 1270. The number of aromatic nitrogens is 3. The molecule has 2 aromatic heterocycles. The maximum absolute atomic E-state index is 14.3. The van der Waals surface area contributed by atoms with E-state index in [4.69, 9.17) is 0 Å². The van der Waals surface area contributed by atoms with Gasteiger partial charge in [-0.3, -0.25) is 14.3 Å². The first-order chi connectivity index (χ1) is 16.7. The van der Waals surface area contributed by atoms with Crippen LogP contribution in [0.25, 0.3) is 5.69 Å². The van der Waals surface area contributed by atoms with Crippen LogP contribution in [0, 0.1) is 5.82 Å². The summed E-state index contributed by atoms with van der Waals surface area (Å²) in [6.45, 7) is 0.220. The molecule has 0 spiro atoms. The number of amides is 1. The van der Waals surface area contributed by atoms with Crippen LogP contribution in [0.4, 0.5) is 17.6 Å². The lowest BCUT2D eigenvalue weighted by Crippen LogP contribution is -2.30. The number of halogens is 4. The van der Waals surface area contributed by atoms with Gasteiger partial charge in [0.25, 0.3) is 5.91 Å². The predicted octanol–water partition coefficient (Wildman–Crippen LogP) is 5.57. The van der Waals surface area contributed by atoms with Crippen molar-refractivity contribution < 1.29 is 22.4 Å². The van der Waals surface area contributed by atoms with Gasteiger partial charge in [0.2, 0.25) is 0 Å². The fraction of sp³-hybridized carbons (Fsp3) is 0.192. The highest BCUT2D eigenvalue weighted by Gasteiger charge is 2.44. The molecule has 0 N–H and O–H groups in total. The van der Waals surface area contributed by atoms with Crippen molar-refractivity contribution in [2.75, 3.05) is 7.05 Å². The maximum Gasteiger partial charge on any atom is 0.399 e. The molecule has 35 heavy (non-hydrogen) atoms. The van der Waals surface area contributed by atoms with Crippen LogP contribution in [0.15, 0.2) is 85.3 Å². The molecule has 180 valence electrons. The molecule has 0 aliphatic carbocycles. The van der Waals surface area contributed by atoms with Crippen LogP contribution in [0.2, 0.25) is 0 Å². The third-order valence-electron chi connectivity index (χ3n) is 5.60. The zero-order chi connectivity index (χ0) is 25.0. The number of benzene rings is 2. The van der Waals surface area contributed by atoms with Crippen LogP contribution < -0.4 is 0 Å². The second-order valence-corrected chi connectivity index (χ2v) is 8.11.